The molecule has 3 N–H and O–H groups in total. The van der Waals surface area contributed by atoms with Crippen LogP contribution in [0.25, 0.3) is 0 Å². The van der Waals surface area contributed by atoms with E-state index in [4.69, 9.17) is 5.21 Å². The van der Waals surface area contributed by atoms with E-state index in [1.807, 2.05) is 49.6 Å². The number of thiazole rings is 1. The van der Waals surface area contributed by atoms with Gasteiger partial charge in [0.25, 0.3) is 0 Å². The zero-order valence-electron chi connectivity index (χ0n) is 30.5. The first-order chi connectivity index (χ1) is 24.9. The maximum atomic E-state index is 14.2. The standard InChI is InChI=1S/C38H52N6O6S2/c1-26(2)35(44-19-18-42(38(44)47)23-31-25-51-37(40-31)27(3)4)36(46)41-33(20-28-10-6-5-7-11-28)34(45)24-43(22-30-12-8-9-13-30)52(49,50)32-16-14-29(15-17-32)21-39-48/h5-7,10-11,14-17,21,25-27,30,33-35,45,48H,8-9,12-13,18-20,22-24H2,1-4H3,(H,41,46)/t33-,34-,35-/m0/s1. The van der Waals surface area contributed by atoms with Gasteiger partial charge in [-0.15, -0.1) is 11.3 Å². The SMILES string of the molecule is CC(C)c1nc(CN2CCN([C@H](C(=O)N[C@@H](Cc3ccccc3)[C@@H](O)CN(CC3CCCC3)S(=O)(=O)c3ccc(C=NO)cc3)C(C)C)C2=O)cs1. The molecule has 0 spiro atoms. The topological polar surface area (TPSA) is 156 Å². The van der Waals surface area contributed by atoms with E-state index >= 15 is 0 Å². The van der Waals surface area contributed by atoms with Crippen molar-refractivity contribution in [2.75, 3.05) is 26.2 Å². The highest BCUT2D eigenvalue weighted by atomic mass is 32.2. The summed E-state index contributed by atoms with van der Waals surface area (Å²) in [6.45, 7) is 9.17. The number of oxime groups is 1. The summed E-state index contributed by atoms with van der Waals surface area (Å²) in [5.74, 6) is -0.178. The highest BCUT2D eigenvalue weighted by Gasteiger charge is 2.41. The van der Waals surface area contributed by atoms with Crippen LogP contribution < -0.4 is 5.32 Å². The Kier molecular flexibility index (Phi) is 13.5. The molecule has 0 unspecified atom stereocenters. The van der Waals surface area contributed by atoms with Crippen molar-refractivity contribution in [3.63, 3.8) is 0 Å². The second-order valence-corrected chi connectivity index (χ2v) is 17.4. The van der Waals surface area contributed by atoms with E-state index in [2.05, 4.69) is 29.3 Å². The number of benzene rings is 2. The Labute approximate surface area is 311 Å². The molecule has 282 valence electrons. The minimum Gasteiger partial charge on any atom is -0.411 e. The first-order valence-electron chi connectivity index (χ1n) is 18.2. The molecule has 1 aromatic heterocycles. The maximum Gasteiger partial charge on any atom is 0.321 e. The second-order valence-electron chi connectivity index (χ2n) is 14.6. The molecule has 0 radical (unpaired) electrons. The Hall–Kier alpha value is -3.85. The highest BCUT2D eigenvalue weighted by Crippen LogP contribution is 2.29. The summed E-state index contributed by atoms with van der Waals surface area (Å²) in [4.78, 5) is 36.0. The summed E-state index contributed by atoms with van der Waals surface area (Å²) in [7, 11) is -4.04. The van der Waals surface area contributed by atoms with Crippen LogP contribution in [0.1, 0.15) is 81.1 Å². The van der Waals surface area contributed by atoms with Crippen molar-refractivity contribution in [3.8, 4) is 0 Å². The van der Waals surface area contributed by atoms with Crippen molar-refractivity contribution in [1.29, 1.82) is 0 Å². The van der Waals surface area contributed by atoms with Crippen LogP contribution in [-0.2, 0) is 27.8 Å². The maximum absolute atomic E-state index is 14.2. The molecule has 5 rings (SSSR count). The second kappa shape index (κ2) is 17.8. The minimum absolute atomic E-state index is 0.0616. The summed E-state index contributed by atoms with van der Waals surface area (Å²) < 4.78 is 29.6. The molecule has 52 heavy (non-hydrogen) atoms. The van der Waals surface area contributed by atoms with E-state index in [0.29, 0.717) is 31.1 Å². The largest absolute Gasteiger partial charge is 0.411 e. The number of urea groups is 1. The van der Waals surface area contributed by atoms with Gasteiger partial charge < -0.3 is 25.4 Å². The number of nitrogens with one attached hydrogen (secondary N) is 1. The summed E-state index contributed by atoms with van der Waals surface area (Å²) in [5.41, 5.74) is 2.23. The first-order valence-corrected chi connectivity index (χ1v) is 20.5. The third kappa shape index (κ3) is 9.77. The van der Waals surface area contributed by atoms with E-state index in [1.165, 1.54) is 22.7 Å². The van der Waals surface area contributed by atoms with E-state index in [1.54, 1.807) is 33.3 Å². The fourth-order valence-corrected chi connectivity index (χ4v) is 9.48. The Bertz CT molecular complexity index is 1760. The zero-order valence-corrected chi connectivity index (χ0v) is 32.1. The average Bonchev–Trinajstić information content (AvgIpc) is 3.88. The number of aromatic nitrogens is 1. The van der Waals surface area contributed by atoms with Gasteiger partial charge in [0.05, 0.1) is 40.5 Å². The fourth-order valence-electron chi connectivity index (χ4n) is 7.11. The Morgan fingerprint density at radius 2 is 1.77 bits per heavy atom. The van der Waals surface area contributed by atoms with Crippen LogP contribution in [0.5, 0.6) is 0 Å². The molecule has 2 aromatic carbocycles. The molecule has 1 saturated heterocycles. The van der Waals surface area contributed by atoms with Crippen LogP contribution in [0.4, 0.5) is 4.79 Å². The number of nitrogens with zero attached hydrogens (tertiary/aromatic N) is 5. The van der Waals surface area contributed by atoms with E-state index in [0.717, 1.165) is 41.9 Å². The predicted octanol–water partition coefficient (Wildman–Crippen LogP) is 5.31. The number of amides is 3. The monoisotopic (exact) mass is 752 g/mol. The van der Waals surface area contributed by atoms with Crippen LogP contribution in [0.15, 0.2) is 70.0 Å². The quantitative estimate of drug-likeness (QED) is 0.0960. The number of aliphatic hydroxyl groups excluding tert-OH is 1. The van der Waals surface area contributed by atoms with E-state index in [9.17, 15) is 23.1 Å². The van der Waals surface area contributed by atoms with Crippen molar-refractivity contribution in [1.82, 2.24) is 24.4 Å². The van der Waals surface area contributed by atoms with Crippen LogP contribution in [-0.4, -0.2) is 100 Å². The summed E-state index contributed by atoms with van der Waals surface area (Å²) in [5, 5.41) is 29.9. The molecule has 1 saturated carbocycles. The van der Waals surface area contributed by atoms with Gasteiger partial charge in [0.1, 0.15) is 6.04 Å². The lowest BCUT2D eigenvalue weighted by Gasteiger charge is -2.34. The molecule has 14 heteroatoms. The van der Waals surface area contributed by atoms with Crippen LogP contribution in [0, 0.1) is 11.8 Å². The highest BCUT2D eigenvalue weighted by molar-refractivity contribution is 7.89. The van der Waals surface area contributed by atoms with Crippen molar-refractivity contribution < 1.29 is 28.3 Å². The van der Waals surface area contributed by atoms with Crippen LogP contribution >= 0.6 is 11.3 Å². The van der Waals surface area contributed by atoms with Gasteiger partial charge in [0, 0.05) is 37.5 Å². The lowest BCUT2D eigenvalue weighted by atomic mass is 9.97. The van der Waals surface area contributed by atoms with Gasteiger partial charge in [-0.1, -0.05) is 88.2 Å². The number of rotatable bonds is 17. The average molecular weight is 753 g/mol. The third-order valence-corrected chi connectivity index (χ3v) is 13.0. The number of carbonyl (C=O) groups is 2. The Balaban J connectivity index is 1.37. The molecule has 3 aromatic rings. The van der Waals surface area contributed by atoms with Gasteiger partial charge in [-0.25, -0.2) is 18.2 Å². The number of sulfonamides is 1. The number of hydrogen-bond donors (Lipinski definition) is 3. The van der Waals surface area contributed by atoms with Gasteiger partial charge in [0.2, 0.25) is 15.9 Å². The first kappa shape index (κ1) is 39.4. The summed E-state index contributed by atoms with van der Waals surface area (Å²) in [6, 6.07) is 13.6. The van der Waals surface area contributed by atoms with Crippen molar-refractivity contribution >= 4 is 39.5 Å². The van der Waals surface area contributed by atoms with Crippen LogP contribution in [0.2, 0.25) is 0 Å². The number of carbonyl (C=O) groups excluding carboxylic acids is 2. The molecule has 3 atom stereocenters. The third-order valence-electron chi connectivity index (χ3n) is 9.92. The number of hydrogen-bond acceptors (Lipinski definition) is 9. The molecule has 2 heterocycles. The molecule has 3 amide bonds. The molecule has 1 aliphatic carbocycles. The van der Waals surface area contributed by atoms with Gasteiger partial charge in [-0.05, 0) is 54.4 Å². The zero-order chi connectivity index (χ0) is 37.4. The van der Waals surface area contributed by atoms with Gasteiger partial charge in [-0.3, -0.25) is 4.79 Å². The molecular formula is C38H52N6O6S2. The smallest absolute Gasteiger partial charge is 0.321 e. The van der Waals surface area contributed by atoms with Gasteiger partial charge >= 0.3 is 6.03 Å². The fraction of sp³-hybridized carbons (Fsp3) is 0.526. The minimum atomic E-state index is -4.04. The van der Waals surface area contributed by atoms with Crippen molar-refractivity contribution in [3.05, 3.63) is 81.8 Å². The summed E-state index contributed by atoms with van der Waals surface area (Å²) in [6.07, 6.45) is 4.05. The normalized spacial score (nSPS) is 17.6. The molecule has 2 fully saturated rings. The molecule has 0 bridgehead atoms. The lowest BCUT2D eigenvalue weighted by Crippen LogP contribution is -2.57. The van der Waals surface area contributed by atoms with Crippen LogP contribution in [0.3, 0.4) is 0 Å². The van der Waals surface area contributed by atoms with Gasteiger partial charge in [-0.2, -0.15) is 4.31 Å². The lowest BCUT2D eigenvalue weighted by molar-refractivity contribution is -0.128. The molecule has 2 aliphatic rings. The summed E-state index contributed by atoms with van der Waals surface area (Å²) >= 11 is 1.58. The van der Waals surface area contributed by atoms with E-state index < -0.39 is 34.1 Å². The van der Waals surface area contributed by atoms with Crippen molar-refractivity contribution in [2.24, 2.45) is 17.0 Å². The molecule has 1 aliphatic heterocycles. The molecule has 12 nitrogen and oxygen atoms in total. The Morgan fingerprint density at radius 1 is 1.08 bits per heavy atom. The Morgan fingerprint density at radius 3 is 2.38 bits per heavy atom. The predicted molar refractivity (Wildman–Crippen MR) is 202 cm³/mol. The van der Waals surface area contributed by atoms with Crippen molar-refractivity contribution in [2.45, 2.75) is 95.3 Å². The van der Waals surface area contributed by atoms with E-state index in [-0.39, 0.29) is 42.3 Å². The van der Waals surface area contributed by atoms with Gasteiger partial charge in [0.15, 0.2) is 0 Å². The molecular weight excluding hydrogens is 701 g/mol. The number of aliphatic hydroxyl groups is 1.